The first kappa shape index (κ1) is 23.8. The van der Waals surface area contributed by atoms with Gasteiger partial charge in [0, 0.05) is 12.6 Å². The molecule has 0 heterocycles. The highest BCUT2D eigenvalue weighted by Crippen LogP contribution is 2.25. The van der Waals surface area contributed by atoms with Crippen LogP contribution < -0.4 is 10.6 Å². The smallest absolute Gasteiger partial charge is 0.338 e. The Morgan fingerprint density at radius 2 is 1.82 bits per heavy atom. The van der Waals surface area contributed by atoms with E-state index in [-0.39, 0.29) is 15.5 Å². The number of hydroxylamine groups is 1. The molecule has 12 heteroatoms. The largest absolute Gasteiger partial charge is 0.452 e. The number of esters is 1. The lowest BCUT2D eigenvalue weighted by Crippen LogP contribution is -2.49. The van der Waals surface area contributed by atoms with E-state index in [1.54, 1.807) is 20.8 Å². The predicted molar refractivity (Wildman–Crippen MR) is 100 cm³/mol. The highest BCUT2D eigenvalue weighted by Gasteiger charge is 2.26. The van der Waals surface area contributed by atoms with Crippen LogP contribution in [-0.4, -0.2) is 57.1 Å². The Morgan fingerprint density at radius 1 is 1.21 bits per heavy atom. The van der Waals surface area contributed by atoms with Crippen molar-refractivity contribution in [3.05, 3.63) is 28.8 Å². The van der Waals surface area contributed by atoms with Gasteiger partial charge in [0.25, 0.3) is 15.9 Å². The number of sulfonamides is 1. The fraction of sp³-hybridized carbons (Fsp3) is 0.438. The van der Waals surface area contributed by atoms with Gasteiger partial charge in [0.2, 0.25) is 0 Å². The second kappa shape index (κ2) is 9.32. The third kappa shape index (κ3) is 6.75. The maximum atomic E-state index is 12.3. The molecule has 0 aliphatic carbocycles. The van der Waals surface area contributed by atoms with Crippen LogP contribution in [-0.2, 0) is 24.4 Å². The Morgan fingerprint density at radius 3 is 2.36 bits per heavy atom. The lowest BCUT2D eigenvalue weighted by molar-refractivity contribution is -0.123. The van der Waals surface area contributed by atoms with Gasteiger partial charge in [-0.1, -0.05) is 16.1 Å². The Hall–Kier alpha value is -2.21. The molecule has 28 heavy (non-hydrogen) atoms. The van der Waals surface area contributed by atoms with Crippen molar-refractivity contribution in [3.63, 3.8) is 0 Å². The number of nitrogens with zero attached hydrogens (tertiary/aromatic N) is 1. The number of hydrogen-bond acceptors (Lipinski definition) is 7. The van der Waals surface area contributed by atoms with Gasteiger partial charge in [0.05, 0.1) is 17.7 Å². The molecule has 0 atom stereocenters. The molecule has 0 fully saturated rings. The average molecular weight is 436 g/mol. The number of amides is 3. The fourth-order valence-electron chi connectivity index (χ4n) is 1.81. The summed E-state index contributed by atoms with van der Waals surface area (Å²) in [5, 5.41) is 4.38. The molecular formula is C16H22ClN3O7S. The van der Waals surface area contributed by atoms with Crippen molar-refractivity contribution in [2.75, 3.05) is 20.8 Å². The molecule has 2 N–H and O–H groups in total. The third-order valence-corrected chi connectivity index (χ3v) is 5.28. The van der Waals surface area contributed by atoms with Gasteiger partial charge in [0.1, 0.15) is 4.90 Å². The number of imide groups is 1. The SMILES string of the molecule is CON(C)S(=O)(=O)c1cc(C(=O)OCC(=O)NC(=O)NC(C)(C)C)ccc1Cl. The van der Waals surface area contributed by atoms with Crippen molar-refractivity contribution in [2.45, 2.75) is 31.2 Å². The summed E-state index contributed by atoms with van der Waals surface area (Å²) in [6, 6.07) is 2.70. The van der Waals surface area contributed by atoms with Crippen LogP contribution in [0.1, 0.15) is 31.1 Å². The van der Waals surface area contributed by atoms with Crippen LogP contribution in [0.2, 0.25) is 5.02 Å². The summed E-state index contributed by atoms with van der Waals surface area (Å²) in [7, 11) is -1.79. The Balaban J connectivity index is 2.82. The van der Waals surface area contributed by atoms with Crippen molar-refractivity contribution in [1.82, 2.24) is 15.1 Å². The quantitative estimate of drug-likeness (QED) is 0.508. The van der Waals surface area contributed by atoms with E-state index in [1.807, 2.05) is 5.32 Å². The third-order valence-electron chi connectivity index (χ3n) is 3.12. The molecule has 1 aromatic carbocycles. The molecule has 0 spiro atoms. The minimum Gasteiger partial charge on any atom is -0.452 e. The van der Waals surface area contributed by atoms with Crippen molar-refractivity contribution in [1.29, 1.82) is 0 Å². The van der Waals surface area contributed by atoms with Crippen molar-refractivity contribution < 1.29 is 32.4 Å². The van der Waals surface area contributed by atoms with Crippen molar-refractivity contribution >= 4 is 39.5 Å². The summed E-state index contributed by atoms with van der Waals surface area (Å²) < 4.78 is 30.0. The molecule has 0 bridgehead atoms. The highest BCUT2D eigenvalue weighted by molar-refractivity contribution is 7.89. The Bertz CT molecular complexity index is 865. The van der Waals surface area contributed by atoms with Gasteiger partial charge >= 0.3 is 12.0 Å². The van der Waals surface area contributed by atoms with E-state index in [1.165, 1.54) is 12.1 Å². The van der Waals surface area contributed by atoms with E-state index < -0.39 is 40.1 Å². The first-order valence-corrected chi connectivity index (χ1v) is 9.71. The van der Waals surface area contributed by atoms with Gasteiger partial charge in [-0.15, -0.1) is 0 Å². The molecular weight excluding hydrogens is 414 g/mol. The summed E-state index contributed by atoms with van der Waals surface area (Å²) in [6.45, 7) is 4.44. The standard InChI is InChI=1S/C16H22ClN3O7S/c1-16(2,3)19-15(23)18-13(21)9-27-14(22)10-6-7-11(17)12(8-10)28(24,25)20(4)26-5/h6-8H,9H2,1-5H3,(H2,18,19,21,23). The highest BCUT2D eigenvalue weighted by atomic mass is 35.5. The van der Waals surface area contributed by atoms with Crippen LogP contribution in [0.3, 0.4) is 0 Å². The molecule has 0 radical (unpaired) electrons. The second-order valence-electron chi connectivity index (χ2n) is 6.57. The van der Waals surface area contributed by atoms with E-state index in [0.717, 1.165) is 20.2 Å². The van der Waals surface area contributed by atoms with Crippen molar-refractivity contribution in [3.8, 4) is 0 Å². The Kier molecular flexibility index (Phi) is 7.94. The van der Waals surface area contributed by atoms with Crippen LogP contribution in [0.5, 0.6) is 0 Å². The molecule has 0 saturated carbocycles. The van der Waals surface area contributed by atoms with Gasteiger partial charge in [0.15, 0.2) is 6.61 Å². The van der Waals surface area contributed by atoms with Crippen LogP contribution in [0, 0.1) is 0 Å². The lowest BCUT2D eigenvalue weighted by atomic mass is 10.1. The number of carbonyl (C=O) groups is 3. The summed E-state index contributed by atoms with van der Waals surface area (Å²) in [5.74, 6) is -1.82. The van der Waals surface area contributed by atoms with E-state index >= 15 is 0 Å². The van der Waals surface area contributed by atoms with E-state index in [2.05, 4.69) is 10.2 Å². The number of carbonyl (C=O) groups excluding carboxylic acids is 3. The van der Waals surface area contributed by atoms with Crippen molar-refractivity contribution in [2.24, 2.45) is 0 Å². The molecule has 0 saturated heterocycles. The van der Waals surface area contributed by atoms with Gasteiger partial charge in [-0.3, -0.25) is 14.9 Å². The molecule has 156 valence electrons. The van der Waals surface area contributed by atoms with Gasteiger partial charge in [-0.05, 0) is 39.0 Å². The monoisotopic (exact) mass is 435 g/mol. The average Bonchev–Trinajstić information content (AvgIpc) is 2.57. The molecule has 0 unspecified atom stereocenters. The van der Waals surface area contributed by atoms with E-state index in [4.69, 9.17) is 16.3 Å². The zero-order chi connectivity index (χ0) is 21.7. The number of ether oxygens (including phenoxy) is 1. The number of hydrogen-bond donors (Lipinski definition) is 2. The molecule has 1 rings (SSSR count). The molecule has 3 amide bonds. The topological polar surface area (TPSA) is 131 Å². The second-order valence-corrected chi connectivity index (χ2v) is 8.88. The molecule has 10 nitrogen and oxygen atoms in total. The zero-order valence-electron chi connectivity index (χ0n) is 16.0. The minimum atomic E-state index is -4.10. The van der Waals surface area contributed by atoms with Crippen LogP contribution >= 0.6 is 11.6 Å². The zero-order valence-corrected chi connectivity index (χ0v) is 17.6. The Labute approximate surface area is 168 Å². The number of halogens is 1. The number of rotatable bonds is 6. The van der Waals surface area contributed by atoms with E-state index in [9.17, 15) is 22.8 Å². The van der Waals surface area contributed by atoms with E-state index in [0.29, 0.717) is 4.47 Å². The minimum absolute atomic E-state index is 0.128. The number of urea groups is 1. The predicted octanol–water partition coefficient (Wildman–Crippen LogP) is 1.30. The maximum absolute atomic E-state index is 12.3. The number of benzene rings is 1. The summed E-state index contributed by atoms with van der Waals surface area (Å²) in [5.41, 5.74) is -0.707. The van der Waals surface area contributed by atoms with Crippen LogP contribution in [0.15, 0.2) is 23.1 Å². The lowest BCUT2D eigenvalue weighted by Gasteiger charge is -2.20. The molecule has 0 aromatic heterocycles. The van der Waals surface area contributed by atoms with Gasteiger partial charge in [-0.2, -0.15) is 0 Å². The fourth-order valence-corrected chi connectivity index (χ4v) is 3.29. The summed E-state index contributed by atoms with van der Waals surface area (Å²) >= 11 is 5.90. The number of nitrogens with one attached hydrogen (secondary N) is 2. The first-order chi connectivity index (χ1) is 12.8. The summed E-state index contributed by atoms with van der Waals surface area (Å²) in [4.78, 5) is 39.7. The van der Waals surface area contributed by atoms with Gasteiger partial charge in [-0.25, -0.2) is 18.0 Å². The van der Waals surface area contributed by atoms with Crippen LogP contribution in [0.4, 0.5) is 4.79 Å². The normalized spacial score (nSPS) is 11.8. The van der Waals surface area contributed by atoms with Crippen LogP contribution in [0.25, 0.3) is 0 Å². The molecule has 0 aliphatic rings. The molecule has 0 aliphatic heterocycles. The maximum Gasteiger partial charge on any atom is 0.338 e. The summed E-state index contributed by atoms with van der Waals surface area (Å²) in [6.07, 6.45) is 0. The molecule has 1 aromatic rings. The first-order valence-electron chi connectivity index (χ1n) is 7.89. The van der Waals surface area contributed by atoms with Gasteiger partial charge < -0.3 is 10.1 Å².